The molecule has 0 saturated heterocycles. The molecule has 0 bridgehead atoms. The summed E-state index contributed by atoms with van der Waals surface area (Å²) in [4.78, 5) is 1.89. The van der Waals surface area contributed by atoms with Crippen molar-refractivity contribution in [2.75, 3.05) is 12.3 Å². The van der Waals surface area contributed by atoms with Gasteiger partial charge in [-0.05, 0) is 55.5 Å². The monoisotopic (exact) mass is 344 g/mol. The predicted molar refractivity (Wildman–Crippen MR) is 94.4 cm³/mol. The Kier molecular flexibility index (Phi) is 3.92. The molecule has 0 N–H and O–H groups in total. The van der Waals surface area contributed by atoms with Gasteiger partial charge in [-0.25, -0.2) is 8.42 Å². The van der Waals surface area contributed by atoms with Crippen LogP contribution < -0.4 is 4.74 Å². The summed E-state index contributed by atoms with van der Waals surface area (Å²) in [6.07, 6.45) is 10.8. The molecule has 0 radical (unpaired) electrons. The number of ether oxygens (including phenoxy) is 1. The summed E-state index contributed by atoms with van der Waals surface area (Å²) < 4.78 is 33.6. The number of rotatable bonds is 3. The van der Waals surface area contributed by atoms with Gasteiger partial charge in [0.05, 0.1) is 11.9 Å². The molecule has 1 aromatic carbocycles. The van der Waals surface area contributed by atoms with E-state index in [0.717, 1.165) is 29.7 Å². The van der Waals surface area contributed by atoms with Gasteiger partial charge >= 0.3 is 0 Å². The SMILES string of the molecule is O=S1(=O)CCN2C=CC=C(c3ccc(OC4CCCC4)cc3)C2=N1. The minimum atomic E-state index is -3.37. The van der Waals surface area contributed by atoms with Gasteiger partial charge < -0.3 is 9.64 Å². The van der Waals surface area contributed by atoms with Gasteiger partial charge in [0.15, 0.2) is 5.84 Å². The first-order valence-electron chi connectivity index (χ1n) is 8.36. The van der Waals surface area contributed by atoms with E-state index in [2.05, 4.69) is 4.40 Å². The largest absolute Gasteiger partial charge is 0.490 e. The second-order valence-electron chi connectivity index (χ2n) is 6.36. The van der Waals surface area contributed by atoms with E-state index in [1.807, 2.05) is 47.5 Å². The summed E-state index contributed by atoms with van der Waals surface area (Å²) in [7, 11) is -3.37. The molecule has 24 heavy (non-hydrogen) atoms. The Bertz CT molecular complexity index is 816. The second-order valence-corrected chi connectivity index (χ2v) is 8.12. The third-order valence-corrected chi connectivity index (χ3v) is 5.78. The van der Waals surface area contributed by atoms with E-state index in [-0.39, 0.29) is 5.75 Å². The Morgan fingerprint density at radius 1 is 1.12 bits per heavy atom. The van der Waals surface area contributed by atoms with Crippen molar-refractivity contribution in [3.05, 3.63) is 48.2 Å². The fourth-order valence-corrected chi connectivity index (χ4v) is 4.34. The summed E-state index contributed by atoms with van der Waals surface area (Å²) >= 11 is 0. The van der Waals surface area contributed by atoms with Crippen LogP contribution in [0.2, 0.25) is 0 Å². The Morgan fingerprint density at radius 2 is 1.88 bits per heavy atom. The van der Waals surface area contributed by atoms with Crippen LogP contribution in [-0.2, 0) is 10.0 Å². The molecule has 0 unspecified atom stereocenters. The van der Waals surface area contributed by atoms with Gasteiger partial charge in [0, 0.05) is 18.3 Å². The van der Waals surface area contributed by atoms with Crippen molar-refractivity contribution in [3.63, 3.8) is 0 Å². The zero-order valence-electron chi connectivity index (χ0n) is 13.4. The average molecular weight is 344 g/mol. The normalized spacial score (nSPS) is 22.8. The van der Waals surface area contributed by atoms with Gasteiger partial charge in [-0.3, -0.25) is 0 Å². The third kappa shape index (κ3) is 3.11. The van der Waals surface area contributed by atoms with E-state index in [1.54, 1.807) is 0 Å². The van der Waals surface area contributed by atoms with Gasteiger partial charge in [-0.2, -0.15) is 0 Å². The number of nitrogens with zero attached hydrogens (tertiary/aromatic N) is 2. The molecule has 2 aliphatic heterocycles. The lowest BCUT2D eigenvalue weighted by Gasteiger charge is -2.29. The molecular weight excluding hydrogens is 324 g/mol. The number of fused-ring (bicyclic) bond motifs is 1. The van der Waals surface area contributed by atoms with E-state index < -0.39 is 10.0 Å². The molecule has 0 aromatic heterocycles. The first-order chi connectivity index (χ1) is 11.6. The maximum atomic E-state index is 11.8. The molecular formula is C18H20N2O3S. The molecule has 0 spiro atoms. The van der Waals surface area contributed by atoms with E-state index in [9.17, 15) is 8.42 Å². The highest BCUT2D eigenvalue weighted by Gasteiger charge is 2.27. The number of hydrogen-bond donors (Lipinski definition) is 0. The van der Waals surface area contributed by atoms with E-state index in [0.29, 0.717) is 18.5 Å². The lowest BCUT2D eigenvalue weighted by Crippen LogP contribution is -2.37. The van der Waals surface area contributed by atoms with E-state index in [4.69, 9.17) is 4.74 Å². The van der Waals surface area contributed by atoms with Crippen LogP contribution >= 0.6 is 0 Å². The minimum Gasteiger partial charge on any atom is -0.490 e. The fourth-order valence-electron chi connectivity index (χ4n) is 3.35. The molecule has 3 aliphatic rings. The van der Waals surface area contributed by atoms with Crippen molar-refractivity contribution < 1.29 is 13.2 Å². The first-order valence-corrected chi connectivity index (χ1v) is 9.97. The molecule has 1 fully saturated rings. The Labute approximate surface area is 142 Å². The maximum Gasteiger partial charge on any atom is 0.256 e. The number of hydrogen-bond acceptors (Lipinski definition) is 4. The van der Waals surface area contributed by atoms with Gasteiger partial charge in [0.1, 0.15) is 5.75 Å². The van der Waals surface area contributed by atoms with Gasteiger partial charge in [0.2, 0.25) is 0 Å². The molecule has 1 aliphatic carbocycles. The van der Waals surface area contributed by atoms with Crippen LogP contribution in [0.5, 0.6) is 5.75 Å². The van der Waals surface area contributed by atoms with Crippen molar-refractivity contribution in [2.24, 2.45) is 4.40 Å². The second kappa shape index (κ2) is 6.09. The number of allylic oxidation sites excluding steroid dienone is 2. The van der Waals surface area contributed by atoms with Crippen LogP contribution in [0.25, 0.3) is 5.57 Å². The summed E-state index contributed by atoms with van der Waals surface area (Å²) in [5, 5.41) is 0. The van der Waals surface area contributed by atoms with Crippen LogP contribution in [0.4, 0.5) is 0 Å². The molecule has 6 heteroatoms. The smallest absolute Gasteiger partial charge is 0.256 e. The molecule has 5 nitrogen and oxygen atoms in total. The quantitative estimate of drug-likeness (QED) is 0.846. The molecule has 2 heterocycles. The molecule has 4 rings (SSSR count). The van der Waals surface area contributed by atoms with Crippen molar-refractivity contribution in [3.8, 4) is 5.75 Å². The first kappa shape index (κ1) is 15.4. The molecule has 126 valence electrons. The molecule has 0 amide bonds. The summed E-state index contributed by atoms with van der Waals surface area (Å²) in [6, 6.07) is 7.85. The molecule has 1 saturated carbocycles. The van der Waals surface area contributed by atoms with Gasteiger partial charge in [-0.15, -0.1) is 4.40 Å². The Morgan fingerprint density at radius 3 is 2.62 bits per heavy atom. The average Bonchev–Trinajstić information content (AvgIpc) is 3.07. The van der Waals surface area contributed by atoms with Crippen LogP contribution in [0.3, 0.4) is 0 Å². The standard InChI is InChI=1S/C18H20N2O3S/c21-24(22)13-12-20-11-3-6-17(18(20)19-24)14-7-9-16(10-8-14)23-15-4-1-2-5-15/h3,6-11,15H,1-2,4-5,12-13H2. The predicted octanol–water partition coefficient (Wildman–Crippen LogP) is 2.96. The lowest BCUT2D eigenvalue weighted by atomic mass is 10.0. The fraction of sp³-hybridized carbons (Fsp3) is 0.389. The van der Waals surface area contributed by atoms with Gasteiger partial charge in [-0.1, -0.05) is 12.1 Å². The zero-order valence-corrected chi connectivity index (χ0v) is 14.2. The minimum absolute atomic E-state index is 0.0578. The highest BCUT2D eigenvalue weighted by Crippen LogP contribution is 2.28. The zero-order chi connectivity index (χ0) is 16.6. The summed E-state index contributed by atoms with van der Waals surface area (Å²) in [6.45, 7) is 0.442. The molecule has 0 atom stereocenters. The third-order valence-electron chi connectivity index (χ3n) is 4.63. The Hall–Kier alpha value is -2.08. The highest BCUT2D eigenvalue weighted by atomic mass is 32.2. The topological polar surface area (TPSA) is 59.0 Å². The maximum absolute atomic E-state index is 11.8. The van der Waals surface area contributed by atoms with Crippen LogP contribution in [0, 0.1) is 0 Å². The number of benzene rings is 1. The summed E-state index contributed by atoms with van der Waals surface area (Å²) in [5.41, 5.74) is 1.77. The van der Waals surface area contributed by atoms with Crippen molar-refractivity contribution in [1.82, 2.24) is 4.90 Å². The number of sulfonamides is 1. The van der Waals surface area contributed by atoms with Crippen molar-refractivity contribution in [1.29, 1.82) is 0 Å². The van der Waals surface area contributed by atoms with Crippen molar-refractivity contribution in [2.45, 2.75) is 31.8 Å². The number of amidine groups is 1. The lowest BCUT2D eigenvalue weighted by molar-refractivity contribution is 0.210. The summed E-state index contributed by atoms with van der Waals surface area (Å²) in [5.74, 6) is 1.43. The van der Waals surface area contributed by atoms with Crippen LogP contribution in [0.1, 0.15) is 31.2 Å². The Balaban J connectivity index is 1.59. The van der Waals surface area contributed by atoms with Crippen LogP contribution in [-0.4, -0.2) is 37.6 Å². The van der Waals surface area contributed by atoms with Gasteiger partial charge in [0.25, 0.3) is 10.0 Å². The molecule has 1 aromatic rings. The van der Waals surface area contributed by atoms with Crippen molar-refractivity contribution >= 4 is 21.4 Å². The van der Waals surface area contributed by atoms with E-state index >= 15 is 0 Å². The highest BCUT2D eigenvalue weighted by molar-refractivity contribution is 7.90. The van der Waals surface area contributed by atoms with E-state index in [1.165, 1.54) is 12.8 Å². The van der Waals surface area contributed by atoms with Crippen LogP contribution in [0.15, 0.2) is 47.0 Å².